The molecule has 1 aliphatic carbocycles. The van der Waals surface area contributed by atoms with Crippen LogP contribution in [0.25, 0.3) is 0 Å². The Balaban J connectivity index is 1.55. The molecule has 1 heterocycles. The molecule has 2 amide bonds. The van der Waals surface area contributed by atoms with E-state index in [1.165, 1.54) is 11.8 Å². The highest BCUT2D eigenvalue weighted by Crippen LogP contribution is 2.28. The van der Waals surface area contributed by atoms with Gasteiger partial charge in [0, 0.05) is 11.4 Å². The number of thioether (sulfide) groups is 1. The third-order valence-electron chi connectivity index (χ3n) is 3.74. The van der Waals surface area contributed by atoms with Gasteiger partial charge in [-0.25, -0.2) is 4.99 Å². The SMILES string of the molecule is Cc1ccc(NC(=O)CSC2=NC(=O)C3CCCC3=N2)cc1. The zero-order valence-corrected chi connectivity index (χ0v) is 13.2. The number of nitrogens with zero attached hydrogens (tertiary/aromatic N) is 2. The first-order valence-corrected chi connectivity index (χ1v) is 8.30. The van der Waals surface area contributed by atoms with Crippen molar-refractivity contribution in [1.29, 1.82) is 0 Å². The van der Waals surface area contributed by atoms with Gasteiger partial charge in [-0.15, -0.1) is 0 Å². The number of rotatable bonds is 3. The number of benzene rings is 1. The molecule has 2 aliphatic rings. The summed E-state index contributed by atoms with van der Waals surface area (Å²) in [7, 11) is 0. The number of aryl methyl sites for hydroxylation is 1. The fourth-order valence-electron chi connectivity index (χ4n) is 2.58. The molecule has 1 unspecified atom stereocenters. The number of amides is 2. The van der Waals surface area contributed by atoms with Gasteiger partial charge in [-0.3, -0.25) is 9.59 Å². The van der Waals surface area contributed by atoms with Crippen LogP contribution in [-0.4, -0.2) is 28.4 Å². The maximum atomic E-state index is 11.9. The summed E-state index contributed by atoms with van der Waals surface area (Å²) in [6.45, 7) is 2.00. The minimum atomic E-state index is -0.127. The molecule has 0 radical (unpaired) electrons. The van der Waals surface area contributed by atoms with Gasteiger partial charge >= 0.3 is 0 Å². The summed E-state index contributed by atoms with van der Waals surface area (Å²) >= 11 is 1.21. The lowest BCUT2D eigenvalue weighted by molar-refractivity contribution is -0.119. The molecular formula is C16H17N3O2S. The van der Waals surface area contributed by atoms with Crippen molar-refractivity contribution >= 4 is 40.1 Å². The minimum absolute atomic E-state index is 0.106. The van der Waals surface area contributed by atoms with Crippen LogP contribution < -0.4 is 5.32 Å². The Morgan fingerprint density at radius 2 is 2.09 bits per heavy atom. The fraction of sp³-hybridized carbons (Fsp3) is 0.375. The molecular weight excluding hydrogens is 298 g/mol. The number of hydrogen-bond acceptors (Lipinski definition) is 4. The Morgan fingerprint density at radius 1 is 1.32 bits per heavy atom. The largest absolute Gasteiger partial charge is 0.325 e. The first-order valence-electron chi connectivity index (χ1n) is 7.31. The van der Waals surface area contributed by atoms with E-state index in [1.807, 2.05) is 31.2 Å². The molecule has 1 aromatic rings. The molecule has 5 nitrogen and oxygen atoms in total. The van der Waals surface area contributed by atoms with Crippen LogP contribution in [0.2, 0.25) is 0 Å². The molecule has 22 heavy (non-hydrogen) atoms. The zero-order chi connectivity index (χ0) is 15.5. The predicted octanol–water partition coefficient (Wildman–Crippen LogP) is 2.80. The summed E-state index contributed by atoms with van der Waals surface area (Å²) in [6, 6.07) is 7.61. The van der Waals surface area contributed by atoms with E-state index in [1.54, 1.807) is 0 Å². The second kappa shape index (κ2) is 6.44. The average molecular weight is 315 g/mol. The molecule has 1 aromatic carbocycles. The third-order valence-corrected chi connectivity index (χ3v) is 4.59. The molecule has 6 heteroatoms. The maximum Gasteiger partial charge on any atom is 0.256 e. The van der Waals surface area contributed by atoms with Crippen molar-refractivity contribution in [2.24, 2.45) is 15.9 Å². The summed E-state index contributed by atoms with van der Waals surface area (Å²) in [4.78, 5) is 32.2. The number of aliphatic imine (C=N–C) groups is 2. The first-order chi connectivity index (χ1) is 10.6. The molecule has 0 bridgehead atoms. The van der Waals surface area contributed by atoms with E-state index in [4.69, 9.17) is 0 Å². The Labute approximate surface area is 133 Å². The van der Waals surface area contributed by atoms with Gasteiger partial charge in [0.1, 0.15) is 0 Å². The normalized spacial score (nSPS) is 20.2. The number of anilines is 1. The monoisotopic (exact) mass is 315 g/mol. The first kappa shape index (κ1) is 15.0. The van der Waals surface area contributed by atoms with E-state index < -0.39 is 0 Å². The molecule has 1 aliphatic heterocycles. The number of nitrogens with one attached hydrogen (secondary N) is 1. The third kappa shape index (κ3) is 3.44. The van der Waals surface area contributed by atoms with E-state index in [0.29, 0.717) is 5.17 Å². The summed E-state index contributed by atoms with van der Waals surface area (Å²) in [5.41, 5.74) is 2.84. The van der Waals surface area contributed by atoms with Gasteiger partial charge in [-0.1, -0.05) is 29.5 Å². The van der Waals surface area contributed by atoms with Crippen LogP contribution in [0.1, 0.15) is 24.8 Å². The molecule has 1 N–H and O–H groups in total. The highest BCUT2D eigenvalue weighted by atomic mass is 32.2. The topological polar surface area (TPSA) is 70.9 Å². The Morgan fingerprint density at radius 3 is 2.86 bits per heavy atom. The van der Waals surface area contributed by atoms with Crippen molar-refractivity contribution in [1.82, 2.24) is 0 Å². The summed E-state index contributed by atoms with van der Waals surface area (Å²) in [5.74, 6) is -0.144. The van der Waals surface area contributed by atoms with E-state index in [9.17, 15) is 9.59 Å². The van der Waals surface area contributed by atoms with Gasteiger partial charge in [0.25, 0.3) is 5.91 Å². The second-order valence-electron chi connectivity index (χ2n) is 5.48. The van der Waals surface area contributed by atoms with Gasteiger partial charge in [0.05, 0.1) is 11.7 Å². The number of fused-ring (bicyclic) bond motifs is 1. The van der Waals surface area contributed by atoms with Gasteiger partial charge in [0.15, 0.2) is 5.17 Å². The van der Waals surface area contributed by atoms with Crippen LogP contribution >= 0.6 is 11.8 Å². The molecule has 1 atom stereocenters. The molecule has 0 aromatic heterocycles. The van der Waals surface area contributed by atoms with E-state index in [-0.39, 0.29) is 23.5 Å². The van der Waals surface area contributed by atoms with Crippen LogP contribution in [0.15, 0.2) is 34.3 Å². The predicted molar refractivity (Wildman–Crippen MR) is 89.5 cm³/mol. The molecule has 1 fully saturated rings. The second-order valence-corrected chi connectivity index (χ2v) is 6.43. The smallest absolute Gasteiger partial charge is 0.256 e. The van der Waals surface area contributed by atoms with Crippen molar-refractivity contribution < 1.29 is 9.59 Å². The number of carbonyl (C=O) groups is 2. The summed E-state index contributed by atoms with van der Waals surface area (Å²) in [5, 5.41) is 3.23. The van der Waals surface area contributed by atoms with Gasteiger partial charge < -0.3 is 5.32 Å². The average Bonchev–Trinajstić information content (AvgIpc) is 2.97. The lowest BCUT2D eigenvalue weighted by Gasteiger charge is -2.13. The maximum absolute atomic E-state index is 11.9. The quantitative estimate of drug-likeness (QED) is 0.932. The van der Waals surface area contributed by atoms with Gasteiger partial charge in [-0.05, 0) is 38.3 Å². The molecule has 1 saturated carbocycles. The number of amidine groups is 1. The highest BCUT2D eigenvalue weighted by molar-refractivity contribution is 8.14. The lowest BCUT2D eigenvalue weighted by Crippen LogP contribution is -2.24. The number of carbonyl (C=O) groups excluding carboxylic acids is 2. The van der Waals surface area contributed by atoms with Gasteiger partial charge in [-0.2, -0.15) is 4.99 Å². The highest BCUT2D eigenvalue weighted by Gasteiger charge is 2.32. The van der Waals surface area contributed by atoms with Gasteiger partial charge in [0.2, 0.25) is 5.91 Å². The van der Waals surface area contributed by atoms with Crippen LogP contribution in [0.4, 0.5) is 5.69 Å². The van der Waals surface area contributed by atoms with Crippen LogP contribution in [0.5, 0.6) is 0 Å². The molecule has 0 spiro atoms. The molecule has 0 saturated heterocycles. The zero-order valence-electron chi connectivity index (χ0n) is 12.3. The fourth-order valence-corrected chi connectivity index (χ4v) is 3.25. The Bertz CT molecular complexity index is 664. The van der Waals surface area contributed by atoms with Crippen molar-refractivity contribution in [3.8, 4) is 0 Å². The van der Waals surface area contributed by atoms with Crippen molar-refractivity contribution in [2.75, 3.05) is 11.1 Å². The van der Waals surface area contributed by atoms with Crippen LogP contribution in [0.3, 0.4) is 0 Å². The molecule has 3 rings (SSSR count). The van der Waals surface area contributed by atoms with Crippen molar-refractivity contribution in [2.45, 2.75) is 26.2 Å². The Kier molecular flexibility index (Phi) is 4.38. The van der Waals surface area contributed by atoms with Crippen LogP contribution in [0, 0.1) is 12.8 Å². The van der Waals surface area contributed by atoms with E-state index in [0.717, 1.165) is 36.2 Å². The lowest BCUT2D eigenvalue weighted by atomic mass is 10.1. The Hall–Kier alpha value is -1.95. The standard InChI is InChI=1S/C16H17N3O2S/c1-10-5-7-11(8-6-10)17-14(20)9-22-16-18-13-4-2-3-12(13)15(21)19-16/h5-8,12H,2-4,9H2,1H3,(H,17,20). The molecule has 114 valence electrons. The summed E-state index contributed by atoms with van der Waals surface area (Å²) in [6.07, 6.45) is 2.72. The van der Waals surface area contributed by atoms with E-state index in [2.05, 4.69) is 15.3 Å². The number of hydrogen-bond donors (Lipinski definition) is 1. The summed E-state index contributed by atoms with van der Waals surface area (Å²) < 4.78 is 0. The van der Waals surface area contributed by atoms with Crippen molar-refractivity contribution in [3.63, 3.8) is 0 Å². The van der Waals surface area contributed by atoms with Crippen LogP contribution in [-0.2, 0) is 9.59 Å². The van der Waals surface area contributed by atoms with E-state index >= 15 is 0 Å². The van der Waals surface area contributed by atoms with Crippen molar-refractivity contribution in [3.05, 3.63) is 29.8 Å². The minimum Gasteiger partial charge on any atom is -0.325 e.